The molecule has 0 radical (unpaired) electrons. The lowest BCUT2D eigenvalue weighted by Gasteiger charge is -2.11. The van der Waals surface area contributed by atoms with Crippen molar-refractivity contribution in [3.8, 4) is 11.5 Å². The van der Waals surface area contributed by atoms with Crippen LogP contribution in [0.25, 0.3) is 0 Å². The molecule has 0 bridgehead atoms. The molecule has 0 aliphatic carbocycles. The van der Waals surface area contributed by atoms with Crippen LogP contribution in [0.1, 0.15) is 0 Å². The first-order chi connectivity index (χ1) is 5.70. The van der Waals surface area contributed by atoms with Gasteiger partial charge in [-0.25, -0.2) is 0 Å². The van der Waals surface area contributed by atoms with Gasteiger partial charge in [-0.2, -0.15) is 0 Å². The van der Waals surface area contributed by atoms with Crippen LogP contribution in [-0.2, 0) is 0 Å². The van der Waals surface area contributed by atoms with Gasteiger partial charge in [0, 0.05) is 14.1 Å². The fourth-order valence-corrected chi connectivity index (χ4v) is 1.09. The number of hydrogen-bond donors (Lipinski definition) is 4. The van der Waals surface area contributed by atoms with Crippen LogP contribution < -0.4 is 10.6 Å². The maximum absolute atomic E-state index is 9.33. The smallest absolute Gasteiger partial charge is 0.141 e. The second kappa shape index (κ2) is 3.21. The predicted octanol–water partition coefficient (Wildman–Crippen LogP) is 1.18. The van der Waals surface area contributed by atoms with E-state index in [4.69, 9.17) is 0 Å². The third kappa shape index (κ3) is 1.23. The van der Waals surface area contributed by atoms with E-state index in [9.17, 15) is 10.2 Å². The number of phenolic OH excluding ortho intramolecular Hbond substituents is 2. The predicted molar refractivity (Wildman–Crippen MR) is 48.9 cm³/mol. The van der Waals surface area contributed by atoms with Crippen LogP contribution in [-0.4, -0.2) is 24.3 Å². The highest BCUT2D eigenvalue weighted by Gasteiger charge is 2.08. The summed E-state index contributed by atoms with van der Waals surface area (Å²) in [5, 5.41) is 24.2. The number of rotatable bonds is 2. The lowest BCUT2D eigenvalue weighted by molar-refractivity contribution is 0.464. The third-order valence-corrected chi connectivity index (χ3v) is 1.66. The van der Waals surface area contributed by atoms with Crippen LogP contribution in [0.2, 0.25) is 0 Å². The van der Waals surface area contributed by atoms with E-state index >= 15 is 0 Å². The van der Waals surface area contributed by atoms with E-state index in [1.54, 1.807) is 14.1 Å². The summed E-state index contributed by atoms with van der Waals surface area (Å²) in [6.45, 7) is 0. The van der Waals surface area contributed by atoms with Gasteiger partial charge in [0.15, 0.2) is 0 Å². The number of hydrogen-bond acceptors (Lipinski definition) is 4. The molecule has 0 atom stereocenters. The van der Waals surface area contributed by atoms with Crippen LogP contribution in [0.15, 0.2) is 12.1 Å². The normalized spacial score (nSPS) is 9.50. The molecular weight excluding hydrogens is 156 g/mol. The molecule has 0 amide bonds. The van der Waals surface area contributed by atoms with E-state index in [-0.39, 0.29) is 11.5 Å². The van der Waals surface area contributed by atoms with Gasteiger partial charge < -0.3 is 20.8 Å². The zero-order valence-electron chi connectivity index (χ0n) is 7.05. The molecule has 0 fully saturated rings. The molecule has 1 rings (SSSR count). The summed E-state index contributed by atoms with van der Waals surface area (Å²) in [6, 6.07) is 2.87. The summed E-state index contributed by atoms with van der Waals surface area (Å²) in [6.07, 6.45) is 0. The molecule has 4 N–H and O–H groups in total. The Morgan fingerprint density at radius 1 is 0.917 bits per heavy atom. The molecule has 0 aromatic heterocycles. The van der Waals surface area contributed by atoms with Crippen molar-refractivity contribution in [3.05, 3.63) is 12.1 Å². The Bertz CT molecular complexity index is 258. The maximum atomic E-state index is 9.33. The summed E-state index contributed by atoms with van der Waals surface area (Å²) in [5.74, 6) is 0.222. The standard InChI is InChI=1S/C8H12N2O2/c1-9-7-5(11)3-4-6(12)8(7)10-2/h3-4,9-12H,1-2H3. The molecule has 1 aromatic rings. The topological polar surface area (TPSA) is 64.5 Å². The largest absolute Gasteiger partial charge is 0.506 e. The van der Waals surface area contributed by atoms with Gasteiger partial charge in [0.05, 0.1) is 0 Å². The van der Waals surface area contributed by atoms with Crippen molar-refractivity contribution in [3.63, 3.8) is 0 Å². The first-order valence-corrected chi connectivity index (χ1v) is 3.61. The Labute approximate surface area is 70.8 Å². The molecule has 0 aliphatic rings. The highest BCUT2D eigenvalue weighted by molar-refractivity contribution is 5.80. The van der Waals surface area contributed by atoms with E-state index in [0.29, 0.717) is 11.4 Å². The second-order valence-electron chi connectivity index (χ2n) is 2.35. The summed E-state index contributed by atoms with van der Waals surface area (Å²) < 4.78 is 0. The van der Waals surface area contributed by atoms with Crippen molar-refractivity contribution >= 4 is 11.4 Å². The highest BCUT2D eigenvalue weighted by atomic mass is 16.3. The summed E-state index contributed by atoms with van der Waals surface area (Å²) in [7, 11) is 3.35. The van der Waals surface area contributed by atoms with Gasteiger partial charge in [-0.05, 0) is 12.1 Å². The fraction of sp³-hybridized carbons (Fsp3) is 0.250. The van der Waals surface area contributed by atoms with Crippen molar-refractivity contribution in [1.29, 1.82) is 0 Å². The van der Waals surface area contributed by atoms with Crippen molar-refractivity contribution in [2.75, 3.05) is 24.7 Å². The zero-order valence-corrected chi connectivity index (χ0v) is 7.05. The SMILES string of the molecule is CNc1c(O)ccc(O)c1NC. The lowest BCUT2D eigenvalue weighted by atomic mass is 10.2. The molecule has 1 aromatic carbocycles. The minimum absolute atomic E-state index is 0.111. The molecule has 0 unspecified atom stereocenters. The summed E-state index contributed by atoms with van der Waals surface area (Å²) in [5.41, 5.74) is 0.995. The number of nitrogens with one attached hydrogen (secondary N) is 2. The maximum Gasteiger partial charge on any atom is 0.141 e. The minimum atomic E-state index is 0.111. The summed E-state index contributed by atoms with van der Waals surface area (Å²) >= 11 is 0. The first-order valence-electron chi connectivity index (χ1n) is 3.61. The second-order valence-corrected chi connectivity index (χ2v) is 2.35. The molecule has 4 heteroatoms. The molecule has 12 heavy (non-hydrogen) atoms. The number of aromatic hydroxyl groups is 2. The average molecular weight is 168 g/mol. The number of anilines is 2. The van der Waals surface area contributed by atoms with Crippen molar-refractivity contribution in [1.82, 2.24) is 0 Å². The first kappa shape index (κ1) is 8.52. The van der Waals surface area contributed by atoms with Gasteiger partial charge in [-0.1, -0.05) is 0 Å². The van der Waals surface area contributed by atoms with Crippen LogP contribution in [0, 0.1) is 0 Å². The molecule has 0 saturated carbocycles. The molecule has 4 nitrogen and oxygen atoms in total. The fourth-order valence-electron chi connectivity index (χ4n) is 1.09. The number of phenols is 2. The van der Waals surface area contributed by atoms with Crippen molar-refractivity contribution in [2.45, 2.75) is 0 Å². The monoisotopic (exact) mass is 168 g/mol. The van der Waals surface area contributed by atoms with Crippen LogP contribution in [0.3, 0.4) is 0 Å². The average Bonchev–Trinajstić information content (AvgIpc) is 2.08. The highest BCUT2D eigenvalue weighted by Crippen LogP contribution is 2.37. The van der Waals surface area contributed by atoms with Gasteiger partial charge in [0.1, 0.15) is 22.9 Å². The van der Waals surface area contributed by atoms with Crippen molar-refractivity contribution < 1.29 is 10.2 Å². The van der Waals surface area contributed by atoms with Gasteiger partial charge in [0.25, 0.3) is 0 Å². The third-order valence-electron chi connectivity index (χ3n) is 1.66. The van der Waals surface area contributed by atoms with E-state index < -0.39 is 0 Å². The lowest BCUT2D eigenvalue weighted by Crippen LogP contribution is -1.96. The molecule has 0 spiro atoms. The quantitative estimate of drug-likeness (QED) is 0.395. The Morgan fingerprint density at radius 2 is 1.25 bits per heavy atom. The summed E-state index contributed by atoms with van der Waals surface area (Å²) in [4.78, 5) is 0. The Morgan fingerprint density at radius 3 is 1.50 bits per heavy atom. The van der Waals surface area contributed by atoms with E-state index in [2.05, 4.69) is 10.6 Å². The Hall–Kier alpha value is -1.58. The molecule has 0 heterocycles. The van der Waals surface area contributed by atoms with Crippen molar-refractivity contribution in [2.24, 2.45) is 0 Å². The van der Waals surface area contributed by atoms with Crippen LogP contribution in [0.4, 0.5) is 11.4 Å². The number of benzene rings is 1. The molecule has 0 saturated heterocycles. The van der Waals surface area contributed by atoms with Crippen LogP contribution in [0.5, 0.6) is 11.5 Å². The Kier molecular flexibility index (Phi) is 2.28. The van der Waals surface area contributed by atoms with Gasteiger partial charge in [-0.3, -0.25) is 0 Å². The van der Waals surface area contributed by atoms with E-state index in [1.165, 1.54) is 12.1 Å². The van der Waals surface area contributed by atoms with Crippen LogP contribution >= 0.6 is 0 Å². The molecule has 0 aliphatic heterocycles. The minimum Gasteiger partial charge on any atom is -0.506 e. The van der Waals surface area contributed by atoms with Gasteiger partial charge in [0.2, 0.25) is 0 Å². The van der Waals surface area contributed by atoms with Gasteiger partial charge >= 0.3 is 0 Å². The zero-order chi connectivity index (χ0) is 9.14. The van der Waals surface area contributed by atoms with E-state index in [1.807, 2.05) is 0 Å². The Balaban J connectivity index is 3.28. The molecular formula is C8H12N2O2. The van der Waals surface area contributed by atoms with Gasteiger partial charge in [-0.15, -0.1) is 0 Å². The van der Waals surface area contributed by atoms with E-state index in [0.717, 1.165) is 0 Å². The molecule has 66 valence electrons.